The van der Waals surface area contributed by atoms with E-state index in [1.54, 1.807) is 17.8 Å². The maximum absolute atomic E-state index is 11.3. The molecule has 0 spiro atoms. The van der Waals surface area contributed by atoms with Gasteiger partial charge in [0.15, 0.2) is 0 Å². The smallest absolute Gasteiger partial charge is 0.307 e. The van der Waals surface area contributed by atoms with Gasteiger partial charge < -0.3 is 14.7 Å². The van der Waals surface area contributed by atoms with Crippen molar-refractivity contribution in [3.8, 4) is 0 Å². The van der Waals surface area contributed by atoms with Gasteiger partial charge in [0.2, 0.25) is 0 Å². The zero-order valence-electron chi connectivity index (χ0n) is 16.4. The molecule has 2 aliphatic heterocycles. The molecule has 2 atom stereocenters. The molecule has 4 nitrogen and oxygen atoms in total. The molecule has 2 aliphatic rings. The van der Waals surface area contributed by atoms with E-state index in [0.717, 1.165) is 46.8 Å². The number of hydrogen-bond acceptors (Lipinski definition) is 4. The molecule has 2 heterocycles. The zero-order valence-corrected chi connectivity index (χ0v) is 19.5. The highest BCUT2D eigenvalue weighted by molar-refractivity contribution is 7.99. The highest BCUT2D eigenvalue weighted by atomic mass is 35.5. The first-order chi connectivity index (χ1) is 14.0. The Morgan fingerprint density at radius 1 is 1.27 bits per heavy atom. The number of piperidine rings is 1. The van der Waals surface area contributed by atoms with Gasteiger partial charge in [-0.15, -0.1) is 12.4 Å². The summed E-state index contributed by atoms with van der Waals surface area (Å²) < 4.78 is 6.34. The fourth-order valence-corrected chi connectivity index (χ4v) is 5.84. The summed E-state index contributed by atoms with van der Waals surface area (Å²) in [5, 5.41) is 10.6. The summed E-state index contributed by atoms with van der Waals surface area (Å²) in [4.78, 5) is 15.7. The number of hydrogen-bond donors (Lipinski definition) is 1. The summed E-state index contributed by atoms with van der Waals surface area (Å²) in [6, 6.07) is 12.0. The van der Waals surface area contributed by atoms with Crippen LogP contribution in [0.4, 0.5) is 0 Å². The number of fused-ring (bicyclic) bond motifs is 2. The summed E-state index contributed by atoms with van der Waals surface area (Å²) in [5.74, 6) is -0.967. The number of halogens is 3. The largest absolute Gasteiger partial charge is 0.481 e. The number of ether oxygens (including phenoxy) is 1. The van der Waals surface area contributed by atoms with Gasteiger partial charge >= 0.3 is 5.97 Å². The normalized spacial score (nSPS) is 21.1. The van der Waals surface area contributed by atoms with Crippen molar-refractivity contribution in [3.63, 3.8) is 0 Å². The van der Waals surface area contributed by atoms with E-state index >= 15 is 0 Å². The lowest BCUT2D eigenvalue weighted by molar-refractivity contribution is -0.143. The second-order valence-electron chi connectivity index (χ2n) is 7.56. The number of nitrogens with zero attached hydrogens (tertiary/aromatic N) is 1. The van der Waals surface area contributed by atoms with E-state index in [4.69, 9.17) is 27.9 Å². The highest BCUT2D eigenvalue weighted by Crippen LogP contribution is 2.45. The Bertz CT molecular complexity index is 911. The lowest BCUT2D eigenvalue weighted by Crippen LogP contribution is -2.40. The number of benzene rings is 2. The van der Waals surface area contributed by atoms with Crippen molar-refractivity contribution in [2.45, 2.75) is 35.2 Å². The molecule has 0 aromatic heterocycles. The number of carboxylic acids is 1. The number of carboxylic acid groups (broad SMARTS) is 1. The molecule has 0 bridgehead atoms. The predicted octanol–water partition coefficient (Wildman–Crippen LogP) is 5.98. The van der Waals surface area contributed by atoms with Crippen molar-refractivity contribution in [2.24, 2.45) is 5.92 Å². The molecule has 4 rings (SSSR count). The van der Waals surface area contributed by atoms with Crippen LogP contribution in [0.2, 0.25) is 10.0 Å². The third-order valence-electron chi connectivity index (χ3n) is 5.55. The SMILES string of the molecule is Cl.O=C(O)C1CCCN(CCO[C@@H]2Cc3cc(Cl)cc(Cl)c3Sc3ccccc32)C1. The van der Waals surface area contributed by atoms with Crippen LogP contribution in [0.1, 0.15) is 30.1 Å². The van der Waals surface area contributed by atoms with Crippen molar-refractivity contribution >= 4 is 53.3 Å². The van der Waals surface area contributed by atoms with Crippen molar-refractivity contribution in [3.05, 3.63) is 57.6 Å². The van der Waals surface area contributed by atoms with Crippen molar-refractivity contribution < 1.29 is 14.6 Å². The average molecular weight is 489 g/mol. The Labute approximate surface area is 197 Å². The highest BCUT2D eigenvalue weighted by Gasteiger charge is 2.27. The van der Waals surface area contributed by atoms with E-state index in [2.05, 4.69) is 17.0 Å². The average Bonchev–Trinajstić information content (AvgIpc) is 2.85. The molecule has 0 saturated carbocycles. The van der Waals surface area contributed by atoms with E-state index < -0.39 is 5.97 Å². The standard InChI is InChI=1S/C22H23Cl2NO3S.ClH/c23-16-10-15-11-19(28-9-8-25-7-3-4-14(13-25)22(26)27)17-5-1-2-6-20(17)29-21(15)18(24)12-16;/h1-2,5-6,10,12,14,19H,3-4,7-9,11,13H2,(H,26,27);1H/t14?,19-;/m1./s1. The number of rotatable bonds is 5. The van der Waals surface area contributed by atoms with Crippen molar-refractivity contribution in [1.82, 2.24) is 4.90 Å². The quantitative estimate of drug-likeness (QED) is 0.561. The molecule has 1 N–H and O–H groups in total. The topological polar surface area (TPSA) is 49.8 Å². The molecule has 0 radical (unpaired) electrons. The minimum Gasteiger partial charge on any atom is -0.481 e. The van der Waals surface area contributed by atoms with E-state index in [9.17, 15) is 9.90 Å². The second-order valence-corrected chi connectivity index (χ2v) is 9.45. The van der Waals surface area contributed by atoms with Gasteiger partial charge in [-0.25, -0.2) is 0 Å². The molecule has 0 aliphatic carbocycles. The predicted molar refractivity (Wildman–Crippen MR) is 123 cm³/mol. The maximum Gasteiger partial charge on any atom is 0.307 e. The monoisotopic (exact) mass is 487 g/mol. The van der Waals surface area contributed by atoms with Gasteiger partial charge in [-0.2, -0.15) is 0 Å². The van der Waals surface area contributed by atoms with Gasteiger partial charge in [-0.1, -0.05) is 53.2 Å². The van der Waals surface area contributed by atoms with Crippen LogP contribution in [0.3, 0.4) is 0 Å². The third kappa shape index (κ3) is 5.45. The molecule has 1 saturated heterocycles. The molecule has 1 unspecified atom stereocenters. The van der Waals surface area contributed by atoms with Crippen LogP contribution in [0, 0.1) is 5.92 Å². The molecule has 162 valence electrons. The van der Waals surface area contributed by atoms with E-state index in [0.29, 0.717) is 29.6 Å². The van der Waals surface area contributed by atoms with Crippen LogP contribution in [-0.2, 0) is 16.0 Å². The van der Waals surface area contributed by atoms with Gasteiger partial charge in [-0.05, 0) is 48.7 Å². The van der Waals surface area contributed by atoms with Crippen LogP contribution in [0.25, 0.3) is 0 Å². The maximum atomic E-state index is 11.3. The van der Waals surface area contributed by atoms with E-state index in [1.807, 2.05) is 18.2 Å². The summed E-state index contributed by atoms with van der Waals surface area (Å²) >= 11 is 14.4. The lowest BCUT2D eigenvalue weighted by Gasteiger charge is -2.31. The Morgan fingerprint density at radius 2 is 2.07 bits per heavy atom. The van der Waals surface area contributed by atoms with Crippen LogP contribution in [-0.4, -0.2) is 42.2 Å². The van der Waals surface area contributed by atoms with Gasteiger partial charge in [-0.3, -0.25) is 4.79 Å². The number of aliphatic carboxylic acids is 1. The fourth-order valence-electron chi connectivity index (χ4n) is 4.07. The Kier molecular flexibility index (Phi) is 8.36. The van der Waals surface area contributed by atoms with Crippen LogP contribution in [0.15, 0.2) is 46.2 Å². The first-order valence-corrected chi connectivity index (χ1v) is 11.4. The molecule has 2 aromatic carbocycles. The van der Waals surface area contributed by atoms with E-state index in [1.165, 1.54) is 0 Å². The molecule has 2 aromatic rings. The lowest BCUT2D eigenvalue weighted by atomic mass is 9.98. The first-order valence-electron chi connectivity index (χ1n) is 9.82. The fraction of sp³-hybridized carbons (Fsp3) is 0.409. The molecule has 0 amide bonds. The summed E-state index contributed by atoms with van der Waals surface area (Å²) in [6.45, 7) is 2.82. The molecular weight excluding hydrogens is 465 g/mol. The molecular formula is C22H24Cl3NO3S. The van der Waals surface area contributed by atoms with Gasteiger partial charge in [0.1, 0.15) is 0 Å². The van der Waals surface area contributed by atoms with Crippen LogP contribution >= 0.6 is 47.4 Å². The molecule has 8 heteroatoms. The Morgan fingerprint density at radius 3 is 2.87 bits per heavy atom. The molecule has 1 fully saturated rings. The summed E-state index contributed by atoms with van der Waals surface area (Å²) in [7, 11) is 0. The summed E-state index contributed by atoms with van der Waals surface area (Å²) in [5.41, 5.74) is 2.25. The molecule has 30 heavy (non-hydrogen) atoms. The minimum atomic E-state index is -0.698. The second kappa shape index (κ2) is 10.6. The van der Waals surface area contributed by atoms with E-state index in [-0.39, 0.29) is 24.4 Å². The number of likely N-dealkylation sites (tertiary alicyclic amines) is 1. The van der Waals surface area contributed by atoms with Gasteiger partial charge in [0.05, 0.1) is 23.7 Å². The van der Waals surface area contributed by atoms with Gasteiger partial charge in [0, 0.05) is 34.3 Å². The zero-order chi connectivity index (χ0) is 20.4. The third-order valence-corrected chi connectivity index (χ3v) is 7.46. The minimum absolute atomic E-state index is 0. The van der Waals surface area contributed by atoms with Crippen molar-refractivity contribution in [1.29, 1.82) is 0 Å². The Hall–Kier alpha value is -0.950. The number of carbonyl (C=O) groups is 1. The van der Waals surface area contributed by atoms with Gasteiger partial charge in [0.25, 0.3) is 0 Å². The van der Waals surface area contributed by atoms with Crippen LogP contribution in [0.5, 0.6) is 0 Å². The summed E-state index contributed by atoms with van der Waals surface area (Å²) in [6.07, 6.45) is 2.30. The van der Waals surface area contributed by atoms with Crippen LogP contribution < -0.4 is 0 Å². The first kappa shape index (κ1) is 23.7. The Balaban J connectivity index is 0.00000256. The van der Waals surface area contributed by atoms with Crippen molar-refractivity contribution in [2.75, 3.05) is 26.2 Å².